The van der Waals surface area contributed by atoms with Gasteiger partial charge in [-0.05, 0) is 42.2 Å². The van der Waals surface area contributed by atoms with Crippen LogP contribution in [0.5, 0.6) is 0 Å². The molecule has 2 rings (SSSR count). The van der Waals surface area contributed by atoms with Gasteiger partial charge in [0.2, 0.25) is 0 Å². The summed E-state index contributed by atoms with van der Waals surface area (Å²) in [6.45, 7) is 1.96. The Morgan fingerprint density at radius 1 is 1.33 bits per heavy atom. The van der Waals surface area contributed by atoms with Gasteiger partial charge in [0.15, 0.2) is 0 Å². The second-order valence-electron chi connectivity index (χ2n) is 5.11. The minimum Gasteiger partial charge on any atom is -0.384 e. The van der Waals surface area contributed by atoms with Crippen LogP contribution in [-0.4, -0.2) is 17.4 Å². The molecule has 1 aromatic rings. The van der Waals surface area contributed by atoms with Gasteiger partial charge in [0.1, 0.15) is 6.10 Å². The molecule has 1 aliphatic rings. The third-order valence-corrected chi connectivity index (χ3v) is 3.87. The molecule has 0 spiro atoms. The van der Waals surface area contributed by atoms with Crippen LogP contribution in [-0.2, 0) is 6.42 Å². The van der Waals surface area contributed by atoms with Crippen LogP contribution in [0, 0.1) is 5.92 Å². The summed E-state index contributed by atoms with van der Waals surface area (Å²) >= 11 is 0. The number of hydrogen-bond acceptors (Lipinski definition) is 1. The number of rotatable bonds is 2. The van der Waals surface area contributed by atoms with Crippen LogP contribution in [0.15, 0.2) is 24.3 Å². The van der Waals surface area contributed by atoms with E-state index in [1.807, 2.05) is 31.2 Å². The van der Waals surface area contributed by atoms with Crippen molar-refractivity contribution in [3.05, 3.63) is 35.4 Å². The number of aliphatic hydroxyl groups excluding tert-OH is 1. The zero-order valence-electron chi connectivity index (χ0n) is 10.2. The van der Waals surface area contributed by atoms with E-state index in [-0.39, 0.29) is 18.3 Å². The molecule has 3 atom stereocenters. The van der Waals surface area contributed by atoms with Gasteiger partial charge < -0.3 is 5.11 Å². The lowest BCUT2D eigenvalue weighted by Gasteiger charge is -2.33. The van der Waals surface area contributed by atoms with E-state index in [4.69, 9.17) is 0 Å². The summed E-state index contributed by atoms with van der Waals surface area (Å²) in [5.74, 6) is -0.0246. The largest absolute Gasteiger partial charge is 0.414 e. The van der Waals surface area contributed by atoms with Gasteiger partial charge in [-0.25, -0.2) is 0 Å². The van der Waals surface area contributed by atoms with Gasteiger partial charge in [0.25, 0.3) is 0 Å². The maximum Gasteiger partial charge on any atom is 0.414 e. The highest BCUT2D eigenvalue weighted by Gasteiger charge is 2.41. The van der Waals surface area contributed by atoms with Crippen LogP contribution in [0.3, 0.4) is 0 Å². The summed E-state index contributed by atoms with van der Waals surface area (Å²) in [6.07, 6.45) is -5.19. The quantitative estimate of drug-likeness (QED) is 0.858. The highest BCUT2D eigenvalue weighted by molar-refractivity contribution is 5.33. The lowest BCUT2D eigenvalue weighted by Crippen LogP contribution is -2.32. The van der Waals surface area contributed by atoms with E-state index in [0.29, 0.717) is 0 Å². The summed E-state index contributed by atoms with van der Waals surface area (Å²) in [4.78, 5) is 0. The van der Waals surface area contributed by atoms with Crippen molar-refractivity contribution in [1.29, 1.82) is 0 Å². The maximum absolute atomic E-state index is 12.5. The van der Waals surface area contributed by atoms with Gasteiger partial charge in [0.05, 0.1) is 0 Å². The van der Waals surface area contributed by atoms with E-state index in [9.17, 15) is 18.3 Å². The van der Waals surface area contributed by atoms with E-state index in [2.05, 4.69) is 0 Å². The van der Waals surface area contributed by atoms with E-state index in [1.54, 1.807) is 0 Å². The third-order valence-electron chi connectivity index (χ3n) is 3.87. The second kappa shape index (κ2) is 4.92. The number of fused-ring (bicyclic) bond motifs is 1. The van der Waals surface area contributed by atoms with Crippen molar-refractivity contribution in [1.82, 2.24) is 0 Å². The Labute approximate surface area is 105 Å². The molecule has 18 heavy (non-hydrogen) atoms. The molecule has 1 nitrogen and oxygen atoms in total. The summed E-state index contributed by atoms with van der Waals surface area (Å²) in [5.41, 5.74) is 2.09. The molecule has 0 saturated carbocycles. The van der Waals surface area contributed by atoms with Crippen molar-refractivity contribution < 1.29 is 18.3 Å². The molecule has 0 saturated heterocycles. The van der Waals surface area contributed by atoms with Crippen molar-refractivity contribution in [3.63, 3.8) is 0 Å². The lowest BCUT2D eigenvalue weighted by atomic mass is 9.73. The van der Waals surface area contributed by atoms with Gasteiger partial charge in [-0.1, -0.05) is 31.2 Å². The first-order valence-corrected chi connectivity index (χ1v) is 6.22. The predicted octanol–water partition coefficient (Wildman–Crippen LogP) is 3.67. The van der Waals surface area contributed by atoms with Gasteiger partial charge >= 0.3 is 6.18 Å². The number of benzene rings is 1. The van der Waals surface area contributed by atoms with Gasteiger partial charge in [-0.15, -0.1) is 0 Å². The third kappa shape index (κ3) is 2.69. The Kier molecular flexibility index (Phi) is 3.66. The van der Waals surface area contributed by atoms with Crippen molar-refractivity contribution in [2.75, 3.05) is 0 Å². The average molecular weight is 258 g/mol. The Bertz CT molecular complexity index is 414. The minimum atomic E-state index is -4.52. The molecule has 1 N–H and O–H groups in total. The standard InChI is InChI=1S/C14H17F3O/c1-9-6-7-10-4-2-3-5-11(10)12(9)8-13(18)14(15,16)17/h2-5,9,12-13,18H,6-8H2,1H3. The molecular formula is C14H17F3O. The van der Waals surface area contributed by atoms with E-state index < -0.39 is 12.3 Å². The molecule has 100 valence electrons. The Balaban J connectivity index is 2.22. The van der Waals surface area contributed by atoms with E-state index in [1.165, 1.54) is 0 Å². The molecule has 4 heteroatoms. The smallest absolute Gasteiger partial charge is 0.384 e. The maximum atomic E-state index is 12.5. The highest BCUT2D eigenvalue weighted by atomic mass is 19.4. The van der Waals surface area contributed by atoms with E-state index in [0.717, 1.165) is 24.0 Å². The minimum absolute atomic E-state index is 0.178. The molecule has 0 aromatic heterocycles. The van der Waals surface area contributed by atoms with Crippen LogP contribution < -0.4 is 0 Å². The molecule has 3 unspecified atom stereocenters. The van der Waals surface area contributed by atoms with Crippen LogP contribution in [0.25, 0.3) is 0 Å². The van der Waals surface area contributed by atoms with E-state index >= 15 is 0 Å². The number of aryl methyl sites for hydroxylation is 1. The molecule has 0 amide bonds. The second-order valence-corrected chi connectivity index (χ2v) is 5.11. The number of hydrogen-bond donors (Lipinski definition) is 1. The summed E-state index contributed by atoms with van der Waals surface area (Å²) in [5, 5.41) is 9.26. The average Bonchev–Trinajstić information content (AvgIpc) is 2.31. The Morgan fingerprint density at radius 3 is 2.67 bits per heavy atom. The van der Waals surface area contributed by atoms with Crippen LogP contribution >= 0.6 is 0 Å². The Hall–Kier alpha value is -1.03. The topological polar surface area (TPSA) is 20.2 Å². The van der Waals surface area contributed by atoms with Crippen molar-refractivity contribution >= 4 is 0 Å². The summed E-state index contributed by atoms with van der Waals surface area (Å²) in [7, 11) is 0. The molecule has 1 aromatic carbocycles. The molecule has 0 aliphatic heterocycles. The lowest BCUT2D eigenvalue weighted by molar-refractivity contribution is -0.207. The number of alkyl halides is 3. The Morgan fingerprint density at radius 2 is 2.00 bits per heavy atom. The van der Waals surface area contributed by atoms with Gasteiger partial charge in [-0.2, -0.15) is 13.2 Å². The zero-order chi connectivity index (χ0) is 13.3. The first kappa shape index (κ1) is 13.4. The van der Waals surface area contributed by atoms with Crippen molar-refractivity contribution in [3.8, 4) is 0 Å². The molecule has 1 aliphatic carbocycles. The molecule has 0 heterocycles. The van der Waals surface area contributed by atoms with Crippen LogP contribution in [0.2, 0.25) is 0 Å². The van der Waals surface area contributed by atoms with Gasteiger partial charge in [0, 0.05) is 0 Å². The molecule has 0 fully saturated rings. The van der Waals surface area contributed by atoms with Crippen molar-refractivity contribution in [2.45, 2.75) is 44.4 Å². The predicted molar refractivity (Wildman–Crippen MR) is 63.3 cm³/mol. The first-order valence-electron chi connectivity index (χ1n) is 6.22. The highest BCUT2D eigenvalue weighted by Crippen LogP contribution is 2.40. The fourth-order valence-electron chi connectivity index (χ4n) is 2.75. The molecule has 0 radical (unpaired) electrons. The van der Waals surface area contributed by atoms with Gasteiger partial charge in [-0.3, -0.25) is 0 Å². The monoisotopic (exact) mass is 258 g/mol. The van der Waals surface area contributed by atoms with Crippen molar-refractivity contribution in [2.24, 2.45) is 5.92 Å². The van der Waals surface area contributed by atoms with Crippen LogP contribution in [0.1, 0.15) is 36.8 Å². The first-order chi connectivity index (χ1) is 8.39. The fraction of sp³-hybridized carbons (Fsp3) is 0.571. The normalized spacial score (nSPS) is 25.6. The number of halogens is 3. The zero-order valence-corrected chi connectivity index (χ0v) is 10.2. The summed E-state index contributed by atoms with van der Waals surface area (Å²) in [6, 6.07) is 7.61. The molecule has 0 bridgehead atoms. The fourth-order valence-corrected chi connectivity index (χ4v) is 2.75. The summed E-state index contributed by atoms with van der Waals surface area (Å²) < 4.78 is 37.4. The van der Waals surface area contributed by atoms with Crippen LogP contribution in [0.4, 0.5) is 13.2 Å². The molecular weight excluding hydrogens is 241 g/mol. The SMILES string of the molecule is CC1CCc2ccccc2C1CC(O)C(F)(F)F. The number of aliphatic hydroxyl groups is 1.